The van der Waals surface area contributed by atoms with Crippen LogP contribution >= 0.6 is 0 Å². The number of hydrogen-bond donors (Lipinski definition) is 1. The van der Waals surface area contributed by atoms with Crippen LogP contribution in [-0.4, -0.2) is 48.8 Å². The van der Waals surface area contributed by atoms with Gasteiger partial charge in [-0.1, -0.05) is 0 Å². The van der Waals surface area contributed by atoms with Gasteiger partial charge in [0.25, 0.3) is 0 Å². The first-order valence-corrected chi connectivity index (χ1v) is 8.13. The zero-order valence-electron chi connectivity index (χ0n) is 12.1. The summed E-state index contributed by atoms with van der Waals surface area (Å²) in [5.74, 6) is 0.833. The second-order valence-electron chi connectivity index (χ2n) is 7.94. The van der Waals surface area contributed by atoms with Crippen LogP contribution in [0.4, 0.5) is 0 Å². The Morgan fingerprint density at radius 3 is 2.40 bits per heavy atom. The number of carboxylic acids is 1. The molecular formula is C16H25NO3. The average Bonchev–Trinajstić information content (AvgIpc) is 2.37. The Hall–Kier alpha value is -0.610. The van der Waals surface area contributed by atoms with Crippen molar-refractivity contribution >= 4 is 5.97 Å². The Morgan fingerprint density at radius 1 is 1.15 bits per heavy atom. The molecule has 0 amide bonds. The number of carboxylic acid groups (broad SMARTS) is 1. The summed E-state index contributed by atoms with van der Waals surface area (Å²) in [6, 6.07) is 0. The van der Waals surface area contributed by atoms with E-state index in [0.29, 0.717) is 17.3 Å². The summed E-state index contributed by atoms with van der Waals surface area (Å²) in [5, 5.41) is 9.77. The molecule has 4 bridgehead atoms. The largest absolute Gasteiger partial charge is 0.481 e. The minimum atomic E-state index is -0.516. The van der Waals surface area contributed by atoms with Gasteiger partial charge in [0.05, 0.1) is 18.6 Å². The summed E-state index contributed by atoms with van der Waals surface area (Å²) >= 11 is 0. The lowest BCUT2D eigenvalue weighted by Gasteiger charge is -2.61. The minimum Gasteiger partial charge on any atom is -0.481 e. The molecule has 0 aromatic carbocycles. The van der Waals surface area contributed by atoms with Crippen LogP contribution in [-0.2, 0) is 9.53 Å². The zero-order chi connectivity index (χ0) is 13.8. The van der Waals surface area contributed by atoms with Gasteiger partial charge in [-0.15, -0.1) is 0 Å². The summed E-state index contributed by atoms with van der Waals surface area (Å²) in [5.41, 5.74) is -0.0871. The Kier molecular flexibility index (Phi) is 2.90. The molecule has 4 heteroatoms. The van der Waals surface area contributed by atoms with E-state index in [4.69, 9.17) is 4.74 Å². The van der Waals surface area contributed by atoms with Gasteiger partial charge in [0.15, 0.2) is 0 Å². The van der Waals surface area contributed by atoms with E-state index in [-0.39, 0.29) is 5.41 Å². The molecule has 0 aromatic rings. The summed E-state index contributed by atoms with van der Waals surface area (Å²) < 4.78 is 5.44. The highest BCUT2D eigenvalue weighted by atomic mass is 16.5. The van der Waals surface area contributed by atoms with Gasteiger partial charge in [0, 0.05) is 19.6 Å². The molecule has 2 atom stereocenters. The lowest BCUT2D eigenvalue weighted by atomic mass is 9.44. The first kappa shape index (κ1) is 13.1. The zero-order valence-corrected chi connectivity index (χ0v) is 12.1. The lowest BCUT2D eigenvalue weighted by Crippen LogP contribution is -2.58. The van der Waals surface area contributed by atoms with Crippen molar-refractivity contribution in [2.24, 2.45) is 22.7 Å². The van der Waals surface area contributed by atoms with Crippen molar-refractivity contribution in [1.82, 2.24) is 4.90 Å². The van der Waals surface area contributed by atoms with E-state index in [9.17, 15) is 9.90 Å². The third-order valence-corrected chi connectivity index (χ3v) is 6.30. The van der Waals surface area contributed by atoms with E-state index < -0.39 is 5.97 Å². The van der Waals surface area contributed by atoms with E-state index in [1.54, 1.807) is 0 Å². The van der Waals surface area contributed by atoms with Crippen molar-refractivity contribution in [3.05, 3.63) is 0 Å². The number of ether oxygens (including phenoxy) is 1. The van der Waals surface area contributed by atoms with Crippen molar-refractivity contribution < 1.29 is 14.6 Å². The summed E-state index contributed by atoms with van der Waals surface area (Å²) in [4.78, 5) is 14.4. The third-order valence-electron chi connectivity index (χ3n) is 6.30. The molecule has 4 nitrogen and oxygen atoms in total. The van der Waals surface area contributed by atoms with Crippen LogP contribution in [0.25, 0.3) is 0 Å². The number of nitrogens with zero attached hydrogens (tertiary/aromatic N) is 1. The number of hydrogen-bond acceptors (Lipinski definition) is 3. The molecule has 5 rings (SSSR count). The van der Waals surface area contributed by atoms with Crippen molar-refractivity contribution in [2.45, 2.75) is 38.5 Å². The smallest absolute Gasteiger partial charge is 0.309 e. The highest BCUT2D eigenvalue weighted by Gasteiger charge is 2.60. The van der Waals surface area contributed by atoms with Gasteiger partial charge < -0.3 is 9.84 Å². The van der Waals surface area contributed by atoms with E-state index in [1.165, 1.54) is 19.3 Å². The van der Waals surface area contributed by atoms with Gasteiger partial charge in [-0.25, -0.2) is 0 Å². The maximum Gasteiger partial charge on any atom is 0.309 e. The van der Waals surface area contributed by atoms with Crippen molar-refractivity contribution in [3.63, 3.8) is 0 Å². The molecule has 1 aliphatic heterocycles. The molecule has 0 spiro atoms. The van der Waals surface area contributed by atoms with E-state index >= 15 is 0 Å². The van der Waals surface area contributed by atoms with Crippen LogP contribution in [0.1, 0.15) is 38.5 Å². The second kappa shape index (κ2) is 4.44. The van der Waals surface area contributed by atoms with Gasteiger partial charge in [-0.3, -0.25) is 9.69 Å². The van der Waals surface area contributed by atoms with Crippen LogP contribution in [0.2, 0.25) is 0 Å². The summed E-state index contributed by atoms with van der Waals surface area (Å²) in [6.07, 6.45) is 6.67. The molecule has 112 valence electrons. The van der Waals surface area contributed by atoms with Gasteiger partial charge in [0.2, 0.25) is 0 Å². The molecule has 20 heavy (non-hydrogen) atoms. The van der Waals surface area contributed by atoms with E-state index in [0.717, 1.165) is 52.1 Å². The standard InChI is InChI=1S/C16H25NO3/c18-14(19)16-8-12-5-13(9-16)7-15(6-12,10-16)11-17-1-3-20-4-2-17/h12-13H,1-11H2,(H,18,19). The van der Waals surface area contributed by atoms with Crippen LogP contribution < -0.4 is 0 Å². The highest BCUT2D eigenvalue weighted by molar-refractivity contribution is 5.75. The quantitative estimate of drug-likeness (QED) is 0.858. The topological polar surface area (TPSA) is 49.8 Å². The van der Waals surface area contributed by atoms with E-state index in [2.05, 4.69) is 4.90 Å². The first-order chi connectivity index (χ1) is 9.59. The number of carbonyl (C=O) groups is 1. The Bertz CT molecular complexity index is 402. The molecule has 1 saturated heterocycles. The van der Waals surface area contributed by atoms with E-state index in [1.807, 2.05) is 0 Å². The molecule has 0 radical (unpaired) electrons. The maximum atomic E-state index is 11.9. The van der Waals surface area contributed by atoms with Crippen molar-refractivity contribution in [2.75, 3.05) is 32.8 Å². The van der Waals surface area contributed by atoms with Crippen molar-refractivity contribution in [1.29, 1.82) is 0 Å². The fourth-order valence-electron chi connectivity index (χ4n) is 6.12. The second-order valence-corrected chi connectivity index (χ2v) is 7.94. The fourth-order valence-corrected chi connectivity index (χ4v) is 6.12. The molecular weight excluding hydrogens is 254 g/mol. The summed E-state index contributed by atoms with van der Waals surface area (Å²) in [7, 11) is 0. The lowest BCUT2D eigenvalue weighted by molar-refractivity contribution is -0.177. The molecule has 4 aliphatic carbocycles. The minimum absolute atomic E-state index is 0.291. The van der Waals surface area contributed by atoms with Crippen LogP contribution in [0.5, 0.6) is 0 Å². The molecule has 1 N–H and O–H groups in total. The van der Waals surface area contributed by atoms with Crippen molar-refractivity contribution in [3.8, 4) is 0 Å². The number of rotatable bonds is 3. The third kappa shape index (κ3) is 2.00. The number of aliphatic carboxylic acids is 1. The highest BCUT2D eigenvalue weighted by Crippen LogP contribution is 2.65. The van der Waals surface area contributed by atoms with Gasteiger partial charge in [-0.05, 0) is 55.8 Å². The van der Waals surface area contributed by atoms with Crippen LogP contribution in [0, 0.1) is 22.7 Å². The van der Waals surface area contributed by atoms with Gasteiger partial charge >= 0.3 is 5.97 Å². The SMILES string of the molecule is O=C(O)C12CC3CC(CC(CN4CCOCC4)(C3)C1)C2. The van der Waals surface area contributed by atoms with Gasteiger partial charge in [0.1, 0.15) is 0 Å². The molecule has 4 saturated carbocycles. The molecule has 0 aromatic heterocycles. The number of morpholine rings is 1. The maximum absolute atomic E-state index is 11.9. The van der Waals surface area contributed by atoms with Crippen LogP contribution in [0.15, 0.2) is 0 Å². The molecule has 1 heterocycles. The molecule has 2 unspecified atom stereocenters. The Balaban J connectivity index is 1.56. The van der Waals surface area contributed by atoms with Crippen LogP contribution in [0.3, 0.4) is 0 Å². The predicted octanol–water partition coefficient (Wildman–Crippen LogP) is 1.99. The summed E-state index contributed by atoms with van der Waals surface area (Å²) in [6.45, 7) is 4.84. The predicted molar refractivity (Wildman–Crippen MR) is 74.4 cm³/mol. The fraction of sp³-hybridized carbons (Fsp3) is 0.938. The monoisotopic (exact) mass is 279 g/mol. The first-order valence-electron chi connectivity index (χ1n) is 8.13. The Morgan fingerprint density at radius 2 is 1.80 bits per heavy atom. The average molecular weight is 279 g/mol. The molecule has 5 fully saturated rings. The molecule has 5 aliphatic rings. The van der Waals surface area contributed by atoms with Gasteiger partial charge in [-0.2, -0.15) is 0 Å². The normalized spacial score (nSPS) is 47.6. The Labute approximate surface area is 120 Å².